The van der Waals surface area contributed by atoms with E-state index < -0.39 is 6.67 Å². The third-order valence-electron chi connectivity index (χ3n) is 4.93. The number of halogens is 2. The zero-order chi connectivity index (χ0) is 19.5. The number of likely N-dealkylation sites (tertiary alicyclic amines) is 1. The number of hydrogen-bond donors (Lipinski definition) is 0. The summed E-state index contributed by atoms with van der Waals surface area (Å²) in [5.41, 5.74) is 3.16. The van der Waals surface area contributed by atoms with Crippen molar-refractivity contribution >= 4 is 23.2 Å². The van der Waals surface area contributed by atoms with Gasteiger partial charge in [-0.05, 0) is 49.2 Å². The van der Waals surface area contributed by atoms with Gasteiger partial charge in [-0.25, -0.2) is 9.37 Å². The van der Waals surface area contributed by atoms with Gasteiger partial charge in [0, 0.05) is 24.8 Å². The molecule has 0 unspecified atom stereocenters. The molecule has 0 aliphatic carbocycles. The Kier molecular flexibility index (Phi) is 5.48. The summed E-state index contributed by atoms with van der Waals surface area (Å²) in [6, 6.07) is 11.0. The highest BCUT2D eigenvalue weighted by Crippen LogP contribution is 2.28. The van der Waals surface area contributed by atoms with E-state index in [1.165, 1.54) is 0 Å². The maximum atomic E-state index is 12.8. The van der Waals surface area contributed by atoms with Crippen LogP contribution in [0.5, 0.6) is 5.75 Å². The maximum Gasteiger partial charge on any atom is 0.228 e. The Morgan fingerprint density at radius 1 is 1.14 bits per heavy atom. The van der Waals surface area contributed by atoms with Gasteiger partial charge in [-0.1, -0.05) is 11.6 Å². The minimum atomic E-state index is -0.530. The van der Waals surface area contributed by atoms with Crippen molar-refractivity contribution in [2.24, 2.45) is 0 Å². The molecule has 5 nitrogen and oxygen atoms in total. The summed E-state index contributed by atoms with van der Waals surface area (Å²) >= 11 is 6.19. The van der Waals surface area contributed by atoms with Gasteiger partial charge in [0.05, 0.1) is 22.8 Å². The molecule has 1 amide bonds. The molecule has 28 heavy (non-hydrogen) atoms. The lowest BCUT2D eigenvalue weighted by atomic mass is 10.1. The molecular weight excluding hydrogens is 381 g/mol. The monoisotopic (exact) mass is 401 g/mol. The number of aromatic nitrogens is 2. The van der Waals surface area contributed by atoms with E-state index in [0.717, 1.165) is 48.5 Å². The first-order valence-corrected chi connectivity index (χ1v) is 9.77. The molecule has 7 heteroatoms. The van der Waals surface area contributed by atoms with Gasteiger partial charge in [-0.3, -0.25) is 4.79 Å². The molecule has 3 aromatic rings. The van der Waals surface area contributed by atoms with Gasteiger partial charge < -0.3 is 14.0 Å². The highest BCUT2D eigenvalue weighted by atomic mass is 35.5. The summed E-state index contributed by atoms with van der Waals surface area (Å²) in [5, 5.41) is 0.585. The number of ether oxygens (including phenoxy) is 1. The number of rotatable bonds is 6. The summed E-state index contributed by atoms with van der Waals surface area (Å²) in [6.07, 6.45) is 4.16. The summed E-state index contributed by atoms with van der Waals surface area (Å²) in [4.78, 5) is 19.4. The van der Waals surface area contributed by atoms with Crippen molar-refractivity contribution in [3.8, 4) is 17.0 Å². The normalized spacial score (nSPS) is 14.0. The lowest BCUT2D eigenvalue weighted by Crippen LogP contribution is -2.29. The van der Waals surface area contributed by atoms with E-state index in [2.05, 4.69) is 0 Å². The number of fused-ring (bicyclic) bond motifs is 1. The Bertz CT molecular complexity index is 981. The third-order valence-corrected chi connectivity index (χ3v) is 5.16. The van der Waals surface area contributed by atoms with Gasteiger partial charge in [0.25, 0.3) is 0 Å². The van der Waals surface area contributed by atoms with E-state index in [1.54, 1.807) is 24.4 Å². The van der Waals surface area contributed by atoms with Gasteiger partial charge in [-0.2, -0.15) is 0 Å². The predicted octanol–water partition coefficient (Wildman–Crippen LogP) is 4.17. The first kappa shape index (κ1) is 18.7. The standard InChI is InChI=1S/C21H21ClFN3O2/c22-16-5-8-19-24-21(15-3-6-17(7-4-15)28-12-9-23)18(26(19)14-16)13-20(27)25-10-1-2-11-25/h3-8,14H,1-2,9-13H2. The van der Waals surface area contributed by atoms with Crippen molar-refractivity contribution in [1.29, 1.82) is 0 Å². The summed E-state index contributed by atoms with van der Waals surface area (Å²) in [5.74, 6) is 0.700. The number of alkyl halides is 1. The van der Waals surface area contributed by atoms with Gasteiger partial charge in [-0.15, -0.1) is 0 Å². The molecule has 1 aromatic carbocycles. The van der Waals surface area contributed by atoms with Crippen molar-refractivity contribution in [1.82, 2.24) is 14.3 Å². The van der Waals surface area contributed by atoms with Crippen LogP contribution in [0.3, 0.4) is 0 Å². The molecule has 1 saturated heterocycles. The van der Waals surface area contributed by atoms with Crippen LogP contribution in [0.4, 0.5) is 4.39 Å². The van der Waals surface area contributed by atoms with Crippen LogP contribution >= 0.6 is 11.6 Å². The van der Waals surface area contributed by atoms with Crippen LogP contribution in [-0.2, 0) is 11.2 Å². The van der Waals surface area contributed by atoms with Crippen molar-refractivity contribution in [2.75, 3.05) is 26.4 Å². The molecule has 1 aliphatic heterocycles. The molecule has 146 valence electrons. The zero-order valence-electron chi connectivity index (χ0n) is 15.4. The second kappa shape index (κ2) is 8.19. The molecule has 0 radical (unpaired) electrons. The van der Waals surface area contributed by atoms with Gasteiger partial charge in [0.1, 0.15) is 24.7 Å². The average molecular weight is 402 g/mol. The first-order valence-electron chi connectivity index (χ1n) is 9.39. The molecule has 1 fully saturated rings. The Morgan fingerprint density at radius 2 is 1.89 bits per heavy atom. The Morgan fingerprint density at radius 3 is 2.61 bits per heavy atom. The number of imidazole rings is 1. The molecule has 0 atom stereocenters. The van der Waals surface area contributed by atoms with Crippen LogP contribution in [0.25, 0.3) is 16.9 Å². The van der Waals surface area contributed by atoms with Crippen LogP contribution in [0.1, 0.15) is 18.5 Å². The second-order valence-corrected chi connectivity index (χ2v) is 7.25. The maximum absolute atomic E-state index is 12.8. The van der Waals surface area contributed by atoms with Crippen molar-refractivity contribution in [3.63, 3.8) is 0 Å². The molecule has 3 heterocycles. The number of hydrogen-bond acceptors (Lipinski definition) is 3. The molecule has 1 aliphatic rings. The molecule has 0 N–H and O–H groups in total. The number of carbonyl (C=O) groups is 1. The molecule has 0 saturated carbocycles. The smallest absolute Gasteiger partial charge is 0.228 e. The summed E-state index contributed by atoms with van der Waals surface area (Å²) < 4.78 is 19.5. The van der Waals surface area contributed by atoms with Crippen LogP contribution in [0, 0.1) is 0 Å². The molecule has 4 rings (SSSR count). The van der Waals surface area contributed by atoms with E-state index >= 15 is 0 Å². The van der Waals surface area contributed by atoms with Crippen molar-refractivity contribution in [3.05, 3.63) is 53.3 Å². The molecule has 0 bridgehead atoms. The highest BCUT2D eigenvalue weighted by Gasteiger charge is 2.22. The quantitative estimate of drug-likeness (QED) is 0.622. The largest absolute Gasteiger partial charge is 0.491 e. The van der Waals surface area contributed by atoms with Gasteiger partial charge >= 0.3 is 0 Å². The third kappa shape index (κ3) is 3.83. The zero-order valence-corrected chi connectivity index (χ0v) is 16.2. The minimum Gasteiger partial charge on any atom is -0.491 e. The Hall–Kier alpha value is -2.60. The molecular formula is C21H21ClFN3O2. The lowest BCUT2D eigenvalue weighted by Gasteiger charge is -2.15. The minimum absolute atomic E-state index is 0.0296. The number of carbonyl (C=O) groups excluding carboxylic acids is 1. The number of pyridine rings is 1. The second-order valence-electron chi connectivity index (χ2n) is 6.81. The fourth-order valence-corrected chi connectivity index (χ4v) is 3.72. The van der Waals surface area contributed by atoms with Gasteiger partial charge in [0.2, 0.25) is 5.91 Å². The number of benzene rings is 1. The van der Waals surface area contributed by atoms with Crippen LogP contribution in [0.2, 0.25) is 5.02 Å². The fraction of sp³-hybridized carbons (Fsp3) is 0.333. The van der Waals surface area contributed by atoms with E-state index in [0.29, 0.717) is 10.8 Å². The Balaban J connectivity index is 1.71. The van der Waals surface area contributed by atoms with Crippen LogP contribution < -0.4 is 4.74 Å². The van der Waals surface area contributed by atoms with Crippen molar-refractivity contribution < 1.29 is 13.9 Å². The van der Waals surface area contributed by atoms with Crippen LogP contribution in [-0.4, -0.2) is 46.6 Å². The van der Waals surface area contributed by atoms with E-state index in [1.807, 2.05) is 27.5 Å². The van der Waals surface area contributed by atoms with Crippen molar-refractivity contribution in [2.45, 2.75) is 19.3 Å². The van der Waals surface area contributed by atoms with E-state index in [-0.39, 0.29) is 18.9 Å². The summed E-state index contributed by atoms with van der Waals surface area (Å²) in [7, 11) is 0. The number of amides is 1. The molecule has 2 aromatic heterocycles. The fourth-order valence-electron chi connectivity index (χ4n) is 3.55. The predicted molar refractivity (Wildman–Crippen MR) is 107 cm³/mol. The first-order chi connectivity index (χ1) is 13.7. The topological polar surface area (TPSA) is 46.8 Å². The number of nitrogens with zero attached hydrogens (tertiary/aromatic N) is 3. The van der Waals surface area contributed by atoms with Crippen LogP contribution in [0.15, 0.2) is 42.6 Å². The summed E-state index contributed by atoms with van der Waals surface area (Å²) in [6.45, 7) is 1.12. The Labute approximate surface area is 167 Å². The van der Waals surface area contributed by atoms with E-state index in [9.17, 15) is 9.18 Å². The highest BCUT2D eigenvalue weighted by molar-refractivity contribution is 6.30. The SMILES string of the molecule is O=C(Cc1c(-c2ccc(OCCF)cc2)nc2ccc(Cl)cn12)N1CCCC1. The van der Waals surface area contributed by atoms with E-state index in [4.69, 9.17) is 21.3 Å². The average Bonchev–Trinajstić information content (AvgIpc) is 3.36. The lowest BCUT2D eigenvalue weighted by molar-refractivity contribution is -0.129. The molecule has 0 spiro atoms. The van der Waals surface area contributed by atoms with Gasteiger partial charge in [0.15, 0.2) is 0 Å².